The summed E-state index contributed by atoms with van der Waals surface area (Å²) in [5.74, 6) is 0.677. The Hall–Kier alpha value is -1.24. The maximum atomic E-state index is 9.32. The third kappa shape index (κ3) is 10.4. The summed E-state index contributed by atoms with van der Waals surface area (Å²) in [6.07, 6.45) is 10.8. The Bertz CT molecular complexity index is 456. The van der Waals surface area contributed by atoms with Gasteiger partial charge in [-0.15, -0.1) is 0 Å². The zero-order valence-corrected chi connectivity index (χ0v) is 16.2. The molecule has 0 fully saturated rings. The lowest BCUT2D eigenvalue weighted by atomic mass is 10.1. The first-order chi connectivity index (χ1) is 12.2. The van der Waals surface area contributed by atoms with Crippen LogP contribution in [0.5, 0.6) is 0 Å². The maximum Gasteiger partial charge on any atom is 0.225 e. The topological polar surface area (TPSA) is 67.7 Å². The lowest BCUT2D eigenvalue weighted by Crippen LogP contribution is -2.15. The van der Waals surface area contributed by atoms with Crippen molar-refractivity contribution in [3.05, 3.63) is 17.5 Å². The summed E-state index contributed by atoms with van der Waals surface area (Å²) in [7, 11) is 5.49. The van der Waals surface area contributed by atoms with Gasteiger partial charge in [0.25, 0.3) is 0 Å². The third-order valence-corrected chi connectivity index (χ3v) is 4.06. The third-order valence-electron chi connectivity index (χ3n) is 4.06. The van der Waals surface area contributed by atoms with Crippen LogP contribution in [-0.2, 0) is 22.5 Å². The van der Waals surface area contributed by atoms with E-state index in [9.17, 15) is 5.11 Å². The van der Waals surface area contributed by atoms with E-state index in [0.717, 1.165) is 31.6 Å². The molecule has 144 valence electrons. The Labute approximate surface area is 152 Å². The summed E-state index contributed by atoms with van der Waals surface area (Å²) < 4.78 is 10.1. The maximum absolute atomic E-state index is 9.32. The van der Waals surface area contributed by atoms with E-state index in [1.807, 2.05) is 25.1 Å². The fourth-order valence-corrected chi connectivity index (χ4v) is 2.66. The molecule has 0 aliphatic heterocycles. The van der Waals surface area contributed by atoms with Gasteiger partial charge < -0.3 is 19.5 Å². The first kappa shape index (κ1) is 21.8. The number of hydrogen-bond donors (Lipinski definition) is 1. The number of hydrogen-bond acceptors (Lipinski definition) is 6. The largest absolute Gasteiger partial charge is 0.390 e. The molecule has 0 amide bonds. The molecule has 0 bridgehead atoms. The molecular formula is C19H35N3O3. The molecule has 0 saturated carbocycles. The summed E-state index contributed by atoms with van der Waals surface area (Å²) in [6, 6.07) is 1.92. The summed E-state index contributed by atoms with van der Waals surface area (Å²) in [6.45, 7) is 1.17. The van der Waals surface area contributed by atoms with Crippen LogP contribution < -0.4 is 4.90 Å². The minimum absolute atomic E-state index is 0.0349. The SMILES string of the molecule is COCOCCCCCCCCCCc1cc(CO)nc(N(C)C)n1. The normalized spacial score (nSPS) is 11.0. The van der Waals surface area contributed by atoms with Crippen molar-refractivity contribution in [2.75, 3.05) is 39.5 Å². The predicted molar refractivity (Wildman–Crippen MR) is 101 cm³/mol. The highest BCUT2D eigenvalue weighted by Crippen LogP contribution is 2.13. The molecule has 0 atom stereocenters. The van der Waals surface area contributed by atoms with E-state index in [0.29, 0.717) is 18.4 Å². The van der Waals surface area contributed by atoms with Crippen LogP contribution in [0.2, 0.25) is 0 Å². The number of rotatable bonds is 15. The Morgan fingerprint density at radius 2 is 1.52 bits per heavy atom. The number of aliphatic hydroxyl groups excluding tert-OH is 1. The zero-order chi connectivity index (χ0) is 18.3. The molecule has 0 radical (unpaired) electrons. The number of ether oxygens (including phenoxy) is 2. The van der Waals surface area contributed by atoms with Gasteiger partial charge in [0, 0.05) is 33.5 Å². The van der Waals surface area contributed by atoms with Gasteiger partial charge in [-0.25, -0.2) is 9.97 Å². The number of aryl methyl sites for hydroxylation is 1. The van der Waals surface area contributed by atoms with Crippen LogP contribution in [-0.4, -0.2) is 49.7 Å². The highest BCUT2D eigenvalue weighted by Gasteiger charge is 2.06. The molecule has 25 heavy (non-hydrogen) atoms. The van der Waals surface area contributed by atoms with Gasteiger partial charge in [0.15, 0.2) is 0 Å². The Kier molecular flexibility index (Phi) is 12.2. The van der Waals surface area contributed by atoms with Crippen LogP contribution in [0, 0.1) is 0 Å². The fourth-order valence-electron chi connectivity index (χ4n) is 2.66. The second kappa shape index (κ2) is 14.0. The smallest absolute Gasteiger partial charge is 0.225 e. The second-order valence-corrected chi connectivity index (χ2v) is 6.60. The van der Waals surface area contributed by atoms with E-state index < -0.39 is 0 Å². The quantitative estimate of drug-likeness (QED) is 0.385. The van der Waals surface area contributed by atoms with Gasteiger partial charge in [0.2, 0.25) is 5.95 Å². The van der Waals surface area contributed by atoms with Crippen molar-refractivity contribution in [2.45, 2.75) is 64.4 Å². The van der Waals surface area contributed by atoms with E-state index in [-0.39, 0.29) is 6.61 Å². The van der Waals surface area contributed by atoms with E-state index in [2.05, 4.69) is 9.97 Å². The number of aromatic nitrogens is 2. The molecule has 0 aliphatic carbocycles. The minimum atomic E-state index is -0.0349. The van der Waals surface area contributed by atoms with Crippen molar-refractivity contribution in [1.82, 2.24) is 9.97 Å². The summed E-state index contributed by atoms with van der Waals surface area (Å²) in [4.78, 5) is 10.7. The Balaban J connectivity index is 2.07. The number of methoxy groups -OCH3 is 1. The highest BCUT2D eigenvalue weighted by atomic mass is 16.7. The molecule has 1 aromatic heterocycles. The number of nitrogens with zero attached hydrogens (tertiary/aromatic N) is 3. The first-order valence-corrected chi connectivity index (χ1v) is 9.39. The molecule has 0 aliphatic rings. The van der Waals surface area contributed by atoms with Crippen LogP contribution >= 0.6 is 0 Å². The molecule has 6 nitrogen and oxygen atoms in total. The van der Waals surface area contributed by atoms with E-state index in [4.69, 9.17) is 9.47 Å². The van der Waals surface area contributed by atoms with Crippen LogP contribution in [0.25, 0.3) is 0 Å². The number of aliphatic hydroxyl groups is 1. The van der Waals surface area contributed by atoms with Gasteiger partial charge in [0.05, 0.1) is 12.3 Å². The second-order valence-electron chi connectivity index (χ2n) is 6.60. The van der Waals surface area contributed by atoms with Gasteiger partial charge in [-0.1, -0.05) is 38.5 Å². The molecule has 1 heterocycles. The van der Waals surface area contributed by atoms with E-state index >= 15 is 0 Å². The van der Waals surface area contributed by atoms with Crippen molar-refractivity contribution in [1.29, 1.82) is 0 Å². The van der Waals surface area contributed by atoms with Crippen molar-refractivity contribution < 1.29 is 14.6 Å². The summed E-state index contributed by atoms with van der Waals surface area (Å²) >= 11 is 0. The minimum Gasteiger partial charge on any atom is -0.390 e. The predicted octanol–water partition coefficient (Wildman–Crippen LogP) is 3.32. The van der Waals surface area contributed by atoms with Crippen LogP contribution in [0.15, 0.2) is 6.07 Å². The zero-order valence-electron chi connectivity index (χ0n) is 16.2. The summed E-state index contributed by atoms with van der Waals surface area (Å²) in [5.41, 5.74) is 1.72. The molecule has 0 unspecified atom stereocenters. The summed E-state index contributed by atoms with van der Waals surface area (Å²) in [5, 5.41) is 9.32. The van der Waals surface area contributed by atoms with Crippen LogP contribution in [0.4, 0.5) is 5.95 Å². The van der Waals surface area contributed by atoms with E-state index in [1.165, 1.54) is 38.5 Å². The molecule has 1 rings (SSSR count). The average Bonchev–Trinajstić information content (AvgIpc) is 2.62. The first-order valence-electron chi connectivity index (χ1n) is 9.39. The van der Waals surface area contributed by atoms with Gasteiger partial charge in [0.1, 0.15) is 6.79 Å². The molecule has 1 N–H and O–H groups in total. The van der Waals surface area contributed by atoms with Crippen LogP contribution in [0.3, 0.4) is 0 Å². The number of anilines is 1. The average molecular weight is 354 g/mol. The lowest BCUT2D eigenvalue weighted by molar-refractivity contribution is -0.0315. The fraction of sp³-hybridized carbons (Fsp3) is 0.789. The van der Waals surface area contributed by atoms with Crippen molar-refractivity contribution in [2.24, 2.45) is 0 Å². The molecule has 0 aromatic carbocycles. The van der Waals surface area contributed by atoms with E-state index in [1.54, 1.807) is 7.11 Å². The Morgan fingerprint density at radius 3 is 2.12 bits per heavy atom. The van der Waals surface area contributed by atoms with Gasteiger partial charge in [-0.3, -0.25) is 0 Å². The molecular weight excluding hydrogens is 318 g/mol. The van der Waals surface area contributed by atoms with Crippen LogP contribution in [0.1, 0.15) is 62.8 Å². The van der Waals surface area contributed by atoms with Gasteiger partial charge in [-0.2, -0.15) is 0 Å². The van der Waals surface area contributed by atoms with Crippen molar-refractivity contribution >= 4 is 5.95 Å². The molecule has 1 aromatic rings. The molecule has 0 spiro atoms. The monoisotopic (exact) mass is 353 g/mol. The number of unbranched alkanes of at least 4 members (excludes halogenated alkanes) is 7. The van der Waals surface area contributed by atoms with Crippen molar-refractivity contribution in [3.8, 4) is 0 Å². The standard InChI is InChI=1S/C19H35N3O3/c1-22(2)19-20-17(14-18(15-23)21-19)12-10-8-6-4-5-7-9-11-13-25-16-24-3/h14,23H,4-13,15-16H2,1-3H3. The van der Waals surface area contributed by atoms with Crippen molar-refractivity contribution in [3.63, 3.8) is 0 Å². The molecule has 0 saturated heterocycles. The lowest BCUT2D eigenvalue weighted by Gasteiger charge is -2.12. The van der Waals surface area contributed by atoms with Gasteiger partial charge in [-0.05, 0) is 25.3 Å². The van der Waals surface area contributed by atoms with Gasteiger partial charge >= 0.3 is 0 Å². The molecule has 6 heteroatoms. The Morgan fingerprint density at radius 1 is 0.920 bits per heavy atom. The highest BCUT2D eigenvalue weighted by molar-refractivity contribution is 5.30.